The summed E-state index contributed by atoms with van der Waals surface area (Å²) in [5.41, 5.74) is 0.568. The van der Waals surface area contributed by atoms with Crippen LogP contribution in [0, 0.1) is 0 Å². The maximum absolute atomic E-state index is 11.8. The third-order valence-electron chi connectivity index (χ3n) is 3.25. The van der Waals surface area contributed by atoms with Gasteiger partial charge in [0, 0.05) is 33.4 Å². The summed E-state index contributed by atoms with van der Waals surface area (Å²) in [7, 11) is 3.43. The Morgan fingerprint density at radius 1 is 1.50 bits per heavy atom. The minimum absolute atomic E-state index is 0.00195. The Hall–Kier alpha value is -1.66. The summed E-state index contributed by atoms with van der Waals surface area (Å²) in [4.78, 5) is 19.7. The summed E-state index contributed by atoms with van der Waals surface area (Å²) in [5, 5.41) is 9.23. The van der Waals surface area contributed by atoms with Gasteiger partial charge in [-0.15, -0.1) is 0 Å². The number of hydrogen-bond acceptors (Lipinski definition) is 5. The van der Waals surface area contributed by atoms with Gasteiger partial charge in [-0.05, 0) is 19.1 Å². The predicted molar refractivity (Wildman–Crippen MR) is 75.9 cm³/mol. The number of aliphatic hydroxyl groups is 1. The van der Waals surface area contributed by atoms with Crippen molar-refractivity contribution in [3.63, 3.8) is 0 Å². The van der Waals surface area contributed by atoms with E-state index in [4.69, 9.17) is 4.74 Å². The maximum Gasteiger partial charge on any atom is 0.254 e. The first-order valence-corrected chi connectivity index (χ1v) is 6.70. The monoisotopic (exact) mass is 279 g/mol. The van der Waals surface area contributed by atoms with Gasteiger partial charge in [-0.25, -0.2) is 4.98 Å². The molecule has 0 aromatic carbocycles. The molecule has 2 heterocycles. The molecule has 1 amide bonds. The van der Waals surface area contributed by atoms with E-state index in [1.54, 1.807) is 26.4 Å². The van der Waals surface area contributed by atoms with Gasteiger partial charge in [0.25, 0.3) is 5.91 Å². The Morgan fingerprint density at radius 2 is 2.25 bits per heavy atom. The molecule has 1 aliphatic heterocycles. The molecule has 6 nitrogen and oxygen atoms in total. The van der Waals surface area contributed by atoms with Crippen LogP contribution in [0.3, 0.4) is 0 Å². The van der Waals surface area contributed by atoms with E-state index in [-0.39, 0.29) is 24.7 Å². The largest absolute Gasteiger partial charge is 0.394 e. The van der Waals surface area contributed by atoms with E-state index >= 15 is 0 Å². The molecule has 20 heavy (non-hydrogen) atoms. The van der Waals surface area contributed by atoms with Gasteiger partial charge in [0.05, 0.1) is 24.4 Å². The van der Waals surface area contributed by atoms with Crippen LogP contribution in [0.15, 0.2) is 18.3 Å². The number of anilines is 1. The van der Waals surface area contributed by atoms with E-state index in [1.807, 2.05) is 13.0 Å². The number of carbonyl (C=O) groups is 1. The lowest BCUT2D eigenvalue weighted by Gasteiger charge is -2.36. The number of amides is 1. The van der Waals surface area contributed by atoms with Crippen LogP contribution in [0.4, 0.5) is 5.82 Å². The molecule has 2 unspecified atom stereocenters. The zero-order valence-corrected chi connectivity index (χ0v) is 12.1. The van der Waals surface area contributed by atoms with Crippen molar-refractivity contribution < 1.29 is 14.6 Å². The van der Waals surface area contributed by atoms with E-state index in [1.165, 1.54) is 4.90 Å². The molecule has 110 valence electrons. The van der Waals surface area contributed by atoms with Crippen LogP contribution in [-0.2, 0) is 4.74 Å². The highest BCUT2D eigenvalue weighted by Crippen LogP contribution is 2.18. The van der Waals surface area contributed by atoms with Gasteiger partial charge >= 0.3 is 0 Å². The van der Waals surface area contributed by atoms with Crippen LogP contribution in [0.2, 0.25) is 0 Å². The standard InChI is InChI=1S/C14H21N3O3/c1-10-7-17(8-12(9-18)20-10)13-5-4-11(6-15-13)14(19)16(2)3/h4-6,10,12,18H,7-9H2,1-3H3. The molecule has 6 heteroatoms. The number of pyridine rings is 1. The summed E-state index contributed by atoms with van der Waals surface area (Å²) in [5.74, 6) is 0.738. The molecule has 1 aliphatic rings. The fourth-order valence-corrected chi connectivity index (χ4v) is 2.29. The van der Waals surface area contributed by atoms with Crippen molar-refractivity contribution in [2.75, 3.05) is 38.7 Å². The summed E-state index contributed by atoms with van der Waals surface area (Å²) in [6.07, 6.45) is 1.44. The second-order valence-electron chi connectivity index (χ2n) is 5.26. The Bertz CT molecular complexity index is 461. The van der Waals surface area contributed by atoms with E-state index in [0.29, 0.717) is 12.1 Å². The highest BCUT2D eigenvalue weighted by atomic mass is 16.5. The van der Waals surface area contributed by atoms with E-state index < -0.39 is 0 Å². The SMILES string of the molecule is CC1CN(c2ccc(C(=O)N(C)C)cn2)CC(CO)O1. The van der Waals surface area contributed by atoms with Crippen molar-refractivity contribution in [2.45, 2.75) is 19.1 Å². The van der Waals surface area contributed by atoms with E-state index in [0.717, 1.165) is 12.4 Å². The molecule has 1 N–H and O–H groups in total. The lowest BCUT2D eigenvalue weighted by molar-refractivity contribution is -0.0423. The molecule has 0 spiro atoms. The number of carbonyl (C=O) groups excluding carboxylic acids is 1. The topological polar surface area (TPSA) is 65.9 Å². The van der Waals surface area contributed by atoms with Crippen LogP contribution in [0.25, 0.3) is 0 Å². The first kappa shape index (κ1) is 14.7. The summed E-state index contributed by atoms with van der Waals surface area (Å²) >= 11 is 0. The Balaban J connectivity index is 2.11. The van der Waals surface area contributed by atoms with Crippen molar-refractivity contribution >= 4 is 11.7 Å². The second kappa shape index (κ2) is 6.19. The van der Waals surface area contributed by atoms with Gasteiger partial charge in [0.2, 0.25) is 0 Å². The van der Waals surface area contributed by atoms with Crippen LogP contribution in [-0.4, -0.2) is 66.9 Å². The number of aliphatic hydroxyl groups excluding tert-OH is 1. The average molecular weight is 279 g/mol. The lowest BCUT2D eigenvalue weighted by Crippen LogP contribution is -2.48. The van der Waals surface area contributed by atoms with Gasteiger partial charge in [-0.3, -0.25) is 4.79 Å². The zero-order chi connectivity index (χ0) is 14.7. The van der Waals surface area contributed by atoms with Crippen molar-refractivity contribution in [3.8, 4) is 0 Å². The summed E-state index contributed by atoms with van der Waals surface area (Å²) in [6.45, 7) is 3.30. The first-order valence-electron chi connectivity index (χ1n) is 6.70. The van der Waals surface area contributed by atoms with Crippen LogP contribution in [0.5, 0.6) is 0 Å². The van der Waals surface area contributed by atoms with Gasteiger partial charge in [-0.1, -0.05) is 0 Å². The molecule has 0 saturated carbocycles. The normalized spacial score (nSPS) is 22.7. The highest BCUT2D eigenvalue weighted by molar-refractivity contribution is 5.93. The Labute approximate surface area is 119 Å². The fourth-order valence-electron chi connectivity index (χ4n) is 2.29. The molecule has 0 radical (unpaired) electrons. The Kier molecular flexibility index (Phi) is 4.57. The van der Waals surface area contributed by atoms with E-state index in [9.17, 15) is 9.90 Å². The van der Waals surface area contributed by atoms with Crippen molar-refractivity contribution in [1.29, 1.82) is 0 Å². The smallest absolute Gasteiger partial charge is 0.254 e. The minimum atomic E-state index is -0.191. The zero-order valence-electron chi connectivity index (χ0n) is 12.1. The Morgan fingerprint density at radius 3 is 2.80 bits per heavy atom. The number of aromatic nitrogens is 1. The molecule has 0 aliphatic carbocycles. The number of morpholine rings is 1. The van der Waals surface area contributed by atoms with Crippen molar-refractivity contribution in [1.82, 2.24) is 9.88 Å². The fraction of sp³-hybridized carbons (Fsp3) is 0.571. The average Bonchev–Trinajstić information content (AvgIpc) is 2.45. The molecule has 1 aromatic rings. The number of rotatable bonds is 3. The molecule has 2 atom stereocenters. The molecule has 2 rings (SSSR count). The number of nitrogens with zero attached hydrogens (tertiary/aromatic N) is 3. The lowest BCUT2D eigenvalue weighted by atomic mass is 10.2. The number of ether oxygens (including phenoxy) is 1. The van der Waals surface area contributed by atoms with Crippen LogP contribution in [0.1, 0.15) is 17.3 Å². The molecular formula is C14H21N3O3. The van der Waals surface area contributed by atoms with E-state index in [2.05, 4.69) is 9.88 Å². The maximum atomic E-state index is 11.8. The van der Waals surface area contributed by atoms with Gasteiger partial charge in [-0.2, -0.15) is 0 Å². The summed E-state index contributed by atoms with van der Waals surface area (Å²) in [6, 6.07) is 3.61. The van der Waals surface area contributed by atoms with Gasteiger partial charge < -0.3 is 19.6 Å². The molecule has 0 bridgehead atoms. The van der Waals surface area contributed by atoms with Crippen LogP contribution >= 0.6 is 0 Å². The van der Waals surface area contributed by atoms with Gasteiger partial charge in [0.1, 0.15) is 5.82 Å². The third kappa shape index (κ3) is 3.26. The molecule has 1 fully saturated rings. The summed E-state index contributed by atoms with van der Waals surface area (Å²) < 4.78 is 5.60. The van der Waals surface area contributed by atoms with Gasteiger partial charge in [0.15, 0.2) is 0 Å². The minimum Gasteiger partial charge on any atom is -0.394 e. The number of hydrogen-bond donors (Lipinski definition) is 1. The highest BCUT2D eigenvalue weighted by Gasteiger charge is 2.25. The van der Waals surface area contributed by atoms with Crippen molar-refractivity contribution in [2.24, 2.45) is 0 Å². The first-order chi connectivity index (χ1) is 9.51. The molecule has 1 aromatic heterocycles. The van der Waals surface area contributed by atoms with Crippen LogP contribution < -0.4 is 4.90 Å². The second-order valence-corrected chi connectivity index (χ2v) is 5.26. The molecule has 1 saturated heterocycles. The quantitative estimate of drug-likeness (QED) is 0.866. The van der Waals surface area contributed by atoms with Crippen molar-refractivity contribution in [3.05, 3.63) is 23.9 Å². The predicted octanol–water partition coefficient (Wildman–Crippen LogP) is 0.369. The third-order valence-corrected chi connectivity index (χ3v) is 3.25. The molecular weight excluding hydrogens is 258 g/mol.